The van der Waals surface area contributed by atoms with Crippen molar-refractivity contribution in [3.63, 3.8) is 0 Å². The van der Waals surface area contributed by atoms with Gasteiger partial charge in [-0.15, -0.1) is 11.8 Å². The first-order chi connectivity index (χ1) is 20.3. The van der Waals surface area contributed by atoms with Gasteiger partial charge >= 0.3 is 0 Å². The number of thioether (sulfide) groups is 1. The lowest BCUT2D eigenvalue weighted by molar-refractivity contribution is -0.139. The number of hydrogen-bond acceptors (Lipinski definition) is 5. The Balaban J connectivity index is 1.42. The number of rotatable bonds is 8. The molecule has 1 unspecified atom stereocenters. The van der Waals surface area contributed by atoms with Gasteiger partial charge in [-0.2, -0.15) is 0 Å². The molecule has 42 heavy (non-hydrogen) atoms. The van der Waals surface area contributed by atoms with E-state index in [0.29, 0.717) is 31.1 Å². The molecule has 0 aromatic heterocycles. The van der Waals surface area contributed by atoms with E-state index >= 15 is 0 Å². The molecule has 2 saturated heterocycles. The minimum absolute atomic E-state index is 0.0837. The fraction of sp³-hybridized carbons (Fsp3) is 0.424. The molecule has 3 amide bonds. The van der Waals surface area contributed by atoms with Gasteiger partial charge in [-0.3, -0.25) is 14.4 Å². The molecule has 0 saturated carbocycles. The Kier molecular flexibility index (Phi) is 7.98. The summed E-state index contributed by atoms with van der Waals surface area (Å²) in [7, 11) is 0. The van der Waals surface area contributed by atoms with Gasteiger partial charge in [-0.1, -0.05) is 66.9 Å². The summed E-state index contributed by atoms with van der Waals surface area (Å²) in [5, 5.41) is 9.80. The Morgan fingerprint density at radius 1 is 0.810 bits per heavy atom. The molecule has 4 heterocycles. The molecule has 1 spiro atoms. The number of halogens is 1. The first-order valence-corrected chi connectivity index (χ1v) is 15.9. The molecule has 6 rings (SSSR count). The number of unbranched alkanes of at least 4 members (excludes halogenated alkanes) is 3. The highest BCUT2D eigenvalue weighted by Crippen LogP contribution is 2.65. The van der Waals surface area contributed by atoms with E-state index in [1.54, 1.807) is 38.6 Å². The summed E-state index contributed by atoms with van der Waals surface area (Å²) in [5.74, 6) is -1.66. The van der Waals surface area contributed by atoms with Crippen LogP contribution in [-0.4, -0.2) is 69.5 Å². The third-order valence-corrected chi connectivity index (χ3v) is 11.1. The van der Waals surface area contributed by atoms with Crippen LogP contribution in [0.25, 0.3) is 0 Å². The van der Waals surface area contributed by atoms with Gasteiger partial charge in [0.05, 0.1) is 16.6 Å². The highest BCUT2D eigenvalue weighted by Gasteiger charge is 2.73. The zero-order chi connectivity index (χ0) is 29.5. The van der Waals surface area contributed by atoms with Crippen LogP contribution in [0.4, 0.5) is 11.4 Å². The number of carbonyl (C=O) groups is 3. The Morgan fingerprint density at radius 2 is 1.45 bits per heavy atom. The maximum absolute atomic E-state index is 14.6. The predicted molar refractivity (Wildman–Crippen MR) is 168 cm³/mol. The quantitative estimate of drug-likeness (QED) is 0.335. The molecule has 2 fully saturated rings. The van der Waals surface area contributed by atoms with E-state index in [0.717, 1.165) is 30.6 Å². The SMILES string of the molecule is C[C@]12C=CCN(c3ccccc3)C(=O)[C@H]1[C@H]1C(=O)N(CCCCCCO)C3C(=O)N(c4ccc(Cl)cc4)CC=C[C@@]31S2. The molecule has 7 nitrogen and oxygen atoms in total. The Morgan fingerprint density at radius 3 is 2.17 bits per heavy atom. The van der Waals surface area contributed by atoms with Crippen LogP contribution < -0.4 is 9.80 Å². The van der Waals surface area contributed by atoms with Gasteiger partial charge < -0.3 is 19.8 Å². The summed E-state index contributed by atoms with van der Waals surface area (Å²) >= 11 is 7.75. The van der Waals surface area contributed by atoms with Crippen molar-refractivity contribution < 1.29 is 19.5 Å². The van der Waals surface area contributed by atoms with Gasteiger partial charge in [-0.25, -0.2) is 0 Å². The minimum atomic E-state index is -0.889. The van der Waals surface area contributed by atoms with Crippen molar-refractivity contribution in [3.8, 4) is 0 Å². The molecule has 1 N–H and O–H groups in total. The monoisotopic (exact) mass is 605 g/mol. The van der Waals surface area contributed by atoms with E-state index in [-0.39, 0.29) is 24.3 Å². The maximum atomic E-state index is 14.6. The number of hydrogen-bond donors (Lipinski definition) is 1. The van der Waals surface area contributed by atoms with Gasteiger partial charge in [0.1, 0.15) is 6.04 Å². The van der Waals surface area contributed by atoms with Gasteiger partial charge in [0.2, 0.25) is 11.8 Å². The highest BCUT2D eigenvalue weighted by atomic mass is 35.5. The standard InChI is InChI=1S/C33H36ClN3O4S/c1-32-17-9-20-35(24-11-5-4-6-12-24)29(39)26(32)27-30(40)37(19-7-2-3-8-22-38)28-31(41)36(21-10-18-33(27,28)42-32)25-15-13-23(34)14-16-25/h4-6,9-18,26-28,38H,2-3,7-8,19-22H2,1H3/t26-,27+,28?,32+,33+/m1/s1. The van der Waals surface area contributed by atoms with Crippen LogP contribution in [-0.2, 0) is 14.4 Å². The Hall–Kier alpha value is -3.07. The zero-order valence-corrected chi connectivity index (χ0v) is 25.3. The number of benzene rings is 2. The van der Waals surface area contributed by atoms with E-state index < -0.39 is 27.4 Å². The summed E-state index contributed by atoms with van der Waals surface area (Å²) in [5.41, 5.74) is 1.52. The van der Waals surface area contributed by atoms with Crippen LogP contribution in [0.15, 0.2) is 78.9 Å². The molecule has 4 aliphatic heterocycles. The molecule has 4 aliphatic rings. The lowest BCUT2D eigenvalue weighted by Gasteiger charge is -2.37. The number of aliphatic hydroxyl groups excluding tert-OH is 1. The molecule has 2 aromatic rings. The van der Waals surface area contributed by atoms with E-state index in [4.69, 9.17) is 11.6 Å². The molecule has 5 atom stereocenters. The average molecular weight is 606 g/mol. The van der Waals surface area contributed by atoms with E-state index in [9.17, 15) is 19.5 Å². The molecule has 0 aliphatic carbocycles. The number of amides is 3. The maximum Gasteiger partial charge on any atom is 0.251 e. The average Bonchev–Trinajstić information content (AvgIpc) is 3.24. The first-order valence-electron chi connectivity index (χ1n) is 14.7. The number of anilines is 2. The lowest BCUT2D eigenvalue weighted by atomic mass is 9.74. The molecule has 0 bridgehead atoms. The lowest BCUT2D eigenvalue weighted by Crippen LogP contribution is -2.53. The number of carbonyl (C=O) groups excluding carboxylic acids is 3. The normalized spacial score (nSPS) is 30.3. The number of nitrogens with zero attached hydrogens (tertiary/aromatic N) is 3. The van der Waals surface area contributed by atoms with E-state index in [2.05, 4.69) is 12.2 Å². The predicted octanol–water partition coefficient (Wildman–Crippen LogP) is 5.09. The molecule has 2 aromatic carbocycles. The molecular formula is C33H36ClN3O4S. The minimum Gasteiger partial charge on any atom is -0.396 e. The number of fused-ring (bicyclic) bond motifs is 2. The summed E-state index contributed by atoms with van der Waals surface area (Å²) in [6, 6.07) is 16.0. The Bertz CT molecular complexity index is 1420. The van der Waals surface area contributed by atoms with Crippen LogP contribution in [0.1, 0.15) is 32.6 Å². The molecule has 0 radical (unpaired) electrons. The second-order valence-electron chi connectivity index (χ2n) is 11.7. The van der Waals surface area contributed by atoms with Crippen molar-refractivity contribution in [2.45, 2.75) is 48.1 Å². The van der Waals surface area contributed by atoms with Crippen LogP contribution in [0, 0.1) is 11.8 Å². The van der Waals surface area contributed by atoms with E-state index in [1.807, 2.05) is 61.5 Å². The zero-order valence-electron chi connectivity index (χ0n) is 23.7. The Labute approximate surface area is 256 Å². The van der Waals surface area contributed by atoms with Crippen LogP contribution in [0.2, 0.25) is 5.02 Å². The van der Waals surface area contributed by atoms with Crippen LogP contribution in [0.3, 0.4) is 0 Å². The summed E-state index contributed by atoms with van der Waals surface area (Å²) in [6.45, 7) is 3.41. The first kappa shape index (κ1) is 29.0. The second kappa shape index (κ2) is 11.5. The van der Waals surface area contributed by atoms with Crippen LogP contribution >= 0.6 is 23.4 Å². The fourth-order valence-corrected chi connectivity index (χ4v) is 9.49. The summed E-state index contributed by atoms with van der Waals surface area (Å²) < 4.78 is -1.55. The molecule has 9 heteroatoms. The van der Waals surface area contributed by atoms with Crippen LogP contribution in [0.5, 0.6) is 0 Å². The van der Waals surface area contributed by atoms with Gasteiger partial charge in [0.25, 0.3) is 5.91 Å². The highest BCUT2D eigenvalue weighted by molar-refractivity contribution is 8.02. The third kappa shape index (κ3) is 4.77. The van der Waals surface area contributed by atoms with Crippen molar-refractivity contribution in [1.29, 1.82) is 0 Å². The number of likely N-dealkylation sites (tertiary alicyclic amines) is 1. The number of para-hydroxylation sites is 1. The van der Waals surface area contributed by atoms with Gasteiger partial charge in [0.15, 0.2) is 0 Å². The van der Waals surface area contributed by atoms with Crippen molar-refractivity contribution in [2.75, 3.05) is 36.0 Å². The summed E-state index contributed by atoms with van der Waals surface area (Å²) in [4.78, 5) is 48.9. The van der Waals surface area contributed by atoms with Crippen molar-refractivity contribution in [3.05, 3.63) is 83.9 Å². The summed E-state index contributed by atoms with van der Waals surface area (Å²) in [6.07, 6.45) is 11.3. The molecular weight excluding hydrogens is 570 g/mol. The van der Waals surface area contributed by atoms with Crippen molar-refractivity contribution in [1.82, 2.24) is 4.90 Å². The number of aliphatic hydroxyl groups is 1. The van der Waals surface area contributed by atoms with E-state index in [1.165, 1.54) is 0 Å². The van der Waals surface area contributed by atoms with Gasteiger partial charge in [0, 0.05) is 47.4 Å². The third-order valence-electron chi connectivity index (χ3n) is 9.07. The fourth-order valence-electron chi connectivity index (χ4n) is 7.20. The topological polar surface area (TPSA) is 81.2 Å². The smallest absolute Gasteiger partial charge is 0.251 e. The largest absolute Gasteiger partial charge is 0.396 e. The second-order valence-corrected chi connectivity index (χ2v) is 13.9. The van der Waals surface area contributed by atoms with Gasteiger partial charge in [-0.05, 0) is 56.2 Å². The molecule has 220 valence electrons. The van der Waals surface area contributed by atoms with Crippen molar-refractivity contribution >= 4 is 52.5 Å². The van der Waals surface area contributed by atoms with Crippen molar-refractivity contribution in [2.24, 2.45) is 11.8 Å².